The van der Waals surface area contributed by atoms with Crippen LogP contribution in [0.2, 0.25) is 5.02 Å². The molecule has 0 fully saturated rings. The van der Waals surface area contributed by atoms with Gasteiger partial charge in [0.25, 0.3) is 0 Å². The molecule has 0 amide bonds. The minimum atomic E-state index is -0.436. The van der Waals surface area contributed by atoms with Crippen molar-refractivity contribution in [2.24, 2.45) is 0 Å². The molecule has 4 rings (SSSR count). The molecule has 3 heterocycles. The van der Waals surface area contributed by atoms with Gasteiger partial charge in [-0.3, -0.25) is 9.97 Å². The van der Waals surface area contributed by atoms with Crippen molar-refractivity contribution in [1.29, 1.82) is 0 Å². The van der Waals surface area contributed by atoms with Gasteiger partial charge in [0.15, 0.2) is 5.82 Å². The minimum absolute atomic E-state index is 0.436. The molecule has 25 heavy (non-hydrogen) atoms. The van der Waals surface area contributed by atoms with Crippen molar-refractivity contribution in [3.05, 3.63) is 72.0 Å². The fraction of sp³-hybridized carbons (Fsp3) is 0. The molecule has 0 saturated carbocycles. The van der Waals surface area contributed by atoms with Crippen LogP contribution in [-0.4, -0.2) is 19.9 Å². The highest BCUT2D eigenvalue weighted by Crippen LogP contribution is 2.29. The van der Waals surface area contributed by atoms with Crippen LogP contribution in [0.15, 0.2) is 61.2 Å². The summed E-state index contributed by atoms with van der Waals surface area (Å²) in [6.45, 7) is 0. The second kappa shape index (κ2) is 6.41. The molecule has 122 valence electrons. The highest BCUT2D eigenvalue weighted by molar-refractivity contribution is 6.31. The Morgan fingerprint density at radius 3 is 2.68 bits per heavy atom. The van der Waals surface area contributed by atoms with E-state index in [0.29, 0.717) is 27.9 Å². The molecule has 0 saturated heterocycles. The van der Waals surface area contributed by atoms with E-state index in [1.54, 1.807) is 24.5 Å². The lowest BCUT2D eigenvalue weighted by atomic mass is 10.2. The molecule has 0 aliphatic carbocycles. The van der Waals surface area contributed by atoms with Gasteiger partial charge in [0, 0.05) is 34.4 Å². The van der Waals surface area contributed by atoms with E-state index in [4.69, 9.17) is 11.6 Å². The zero-order valence-electron chi connectivity index (χ0n) is 12.8. The third kappa shape index (κ3) is 3.25. The van der Waals surface area contributed by atoms with Gasteiger partial charge in [-0.2, -0.15) is 0 Å². The van der Waals surface area contributed by atoms with E-state index in [1.807, 2.05) is 18.2 Å². The molecule has 4 aromatic rings. The van der Waals surface area contributed by atoms with Crippen LogP contribution in [0.4, 0.5) is 15.9 Å². The van der Waals surface area contributed by atoms with E-state index < -0.39 is 5.82 Å². The van der Waals surface area contributed by atoms with E-state index in [1.165, 1.54) is 12.3 Å². The van der Waals surface area contributed by atoms with E-state index in [2.05, 4.69) is 25.3 Å². The number of aromatic nitrogens is 4. The van der Waals surface area contributed by atoms with Gasteiger partial charge in [-0.25, -0.2) is 14.4 Å². The second-order valence-corrected chi connectivity index (χ2v) is 5.75. The topological polar surface area (TPSA) is 63.6 Å². The Labute approximate surface area is 147 Å². The summed E-state index contributed by atoms with van der Waals surface area (Å²) in [4.78, 5) is 17.1. The predicted molar refractivity (Wildman–Crippen MR) is 95.3 cm³/mol. The first-order chi connectivity index (χ1) is 12.2. The van der Waals surface area contributed by atoms with Gasteiger partial charge in [-0.15, -0.1) is 0 Å². The van der Waals surface area contributed by atoms with Crippen molar-refractivity contribution in [1.82, 2.24) is 19.9 Å². The summed E-state index contributed by atoms with van der Waals surface area (Å²) < 4.78 is 13.4. The lowest BCUT2D eigenvalue weighted by Gasteiger charge is -2.11. The molecule has 1 N–H and O–H groups in total. The largest absolute Gasteiger partial charge is 0.338 e. The first-order valence-corrected chi connectivity index (χ1v) is 7.82. The Kier molecular flexibility index (Phi) is 3.95. The van der Waals surface area contributed by atoms with Crippen LogP contribution in [0, 0.1) is 5.82 Å². The van der Waals surface area contributed by atoms with Gasteiger partial charge in [0.05, 0.1) is 23.6 Å². The highest BCUT2D eigenvalue weighted by Gasteiger charge is 2.11. The van der Waals surface area contributed by atoms with E-state index in [0.717, 1.165) is 17.1 Å². The van der Waals surface area contributed by atoms with Crippen LogP contribution < -0.4 is 5.32 Å². The molecule has 0 spiro atoms. The molecule has 0 bridgehead atoms. The molecule has 0 aliphatic rings. The van der Waals surface area contributed by atoms with Crippen LogP contribution in [0.3, 0.4) is 0 Å². The van der Waals surface area contributed by atoms with Crippen LogP contribution >= 0.6 is 11.6 Å². The lowest BCUT2D eigenvalue weighted by molar-refractivity contribution is 0.622. The molecule has 0 atom stereocenters. The number of halogens is 2. The van der Waals surface area contributed by atoms with Crippen LogP contribution in [0.1, 0.15) is 0 Å². The summed E-state index contributed by atoms with van der Waals surface area (Å²) in [6.07, 6.45) is 6.03. The average molecular weight is 352 g/mol. The molecular formula is C18H11ClFN5. The second-order valence-electron chi connectivity index (χ2n) is 5.32. The maximum absolute atomic E-state index is 13.4. The minimum Gasteiger partial charge on any atom is -0.338 e. The lowest BCUT2D eigenvalue weighted by Crippen LogP contribution is -2.00. The Morgan fingerprint density at radius 1 is 0.960 bits per heavy atom. The fourth-order valence-electron chi connectivity index (χ4n) is 2.44. The molecule has 0 unspecified atom stereocenters. The van der Waals surface area contributed by atoms with Gasteiger partial charge >= 0.3 is 0 Å². The fourth-order valence-corrected chi connectivity index (χ4v) is 2.61. The number of hydrogen-bond donors (Lipinski definition) is 1. The number of rotatable bonds is 3. The first-order valence-electron chi connectivity index (χ1n) is 7.44. The Balaban J connectivity index is 1.89. The van der Waals surface area contributed by atoms with Gasteiger partial charge in [-0.05, 0) is 30.3 Å². The number of anilines is 2. The van der Waals surface area contributed by atoms with Gasteiger partial charge < -0.3 is 5.32 Å². The molecule has 5 nitrogen and oxygen atoms in total. The molecular weight excluding hydrogens is 341 g/mol. The maximum Gasteiger partial charge on any atom is 0.163 e. The average Bonchev–Trinajstić information content (AvgIpc) is 2.63. The van der Waals surface area contributed by atoms with Gasteiger partial charge in [-0.1, -0.05) is 11.6 Å². The predicted octanol–water partition coefficient (Wildman–Crippen LogP) is 4.62. The van der Waals surface area contributed by atoms with Crippen molar-refractivity contribution < 1.29 is 4.39 Å². The summed E-state index contributed by atoms with van der Waals surface area (Å²) in [5.41, 5.74) is 1.97. The normalized spacial score (nSPS) is 10.8. The number of benzene rings is 1. The quantitative estimate of drug-likeness (QED) is 0.583. The van der Waals surface area contributed by atoms with Gasteiger partial charge in [0.2, 0.25) is 0 Å². The van der Waals surface area contributed by atoms with Crippen LogP contribution in [0.25, 0.3) is 22.3 Å². The van der Waals surface area contributed by atoms with Crippen molar-refractivity contribution >= 4 is 34.0 Å². The molecule has 0 radical (unpaired) electrons. The summed E-state index contributed by atoms with van der Waals surface area (Å²) >= 11 is 6.11. The third-order valence-corrected chi connectivity index (χ3v) is 3.78. The molecule has 7 heteroatoms. The Morgan fingerprint density at radius 2 is 1.88 bits per heavy atom. The molecule has 0 aliphatic heterocycles. The van der Waals surface area contributed by atoms with Crippen LogP contribution in [0.5, 0.6) is 0 Å². The van der Waals surface area contributed by atoms with Crippen molar-refractivity contribution in [3.8, 4) is 11.4 Å². The van der Waals surface area contributed by atoms with Crippen LogP contribution in [-0.2, 0) is 0 Å². The zero-order chi connectivity index (χ0) is 17.2. The van der Waals surface area contributed by atoms with Crippen molar-refractivity contribution in [2.75, 3.05) is 5.32 Å². The smallest absolute Gasteiger partial charge is 0.163 e. The number of nitrogens with one attached hydrogen (secondary N) is 1. The standard InChI is InChI=1S/C18H11ClFN5/c19-12-3-4-16-15(6-12)18(23-14-7-13(20)9-22-10-14)25-17(24-16)11-2-1-5-21-8-11/h1-10H,(H,23,24,25). The number of pyridine rings is 2. The monoisotopic (exact) mass is 351 g/mol. The van der Waals surface area contributed by atoms with Crippen molar-refractivity contribution in [3.63, 3.8) is 0 Å². The van der Waals surface area contributed by atoms with E-state index >= 15 is 0 Å². The number of fused-ring (bicyclic) bond motifs is 1. The summed E-state index contributed by atoms with van der Waals surface area (Å²) in [6, 6.07) is 10.4. The third-order valence-electron chi connectivity index (χ3n) is 3.55. The zero-order valence-corrected chi connectivity index (χ0v) is 13.6. The van der Waals surface area contributed by atoms with Crippen molar-refractivity contribution in [2.45, 2.75) is 0 Å². The number of hydrogen-bond acceptors (Lipinski definition) is 5. The summed E-state index contributed by atoms with van der Waals surface area (Å²) in [7, 11) is 0. The first kappa shape index (κ1) is 15.4. The van der Waals surface area contributed by atoms with E-state index in [9.17, 15) is 4.39 Å². The number of nitrogens with zero attached hydrogens (tertiary/aromatic N) is 4. The summed E-state index contributed by atoms with van der Waals surface area (Å²) in [5, 5.41) is 4.38. The highest BCUT2D eigenvalue weighted by atomic mass is 35.5. The summed E-state index contributed by atoms with van der Waals surface area (Å²) in [5.74, 6) is 0.586. The molecule has 1 aromatic carbocycles. The van der Waals surface area contributed by atoms with Gasteiger partial charge in [0.1, 0.15) is 11.6 Å². The van der Waals surface area contributed by atoms with E-state index in [-0.39, 0.29) is 0 Å². The molecule has 3 aromatic heterocycles. The SMILES string of the molecule is Fc1cncc(Nc2nc(-c3cccnc3)nc3ccc(Cl)cc23)c1. The Hall–Kier alpha value is -3.12. The Bertz CT molecular complexity index is 1060. The maximum atomic E-state index is 13.4.